The quantitative estimate of drug-likeness (QED) is 0.355. The summed E-state index contributed by atoms with van der Waals surface area (Å²) in [6.45, 7) is 0. The van der Waals surface area contributed by atoms with E-state index in [1.54, 1.807) is 6.26 Å². The van der Waals surface area contributed by atoms with Crippen molar-refractivity contribution in [3.63, 3.8) is 0 Å². The summed E-state index contributed by atoms with van der Waals surface area (Å²) in [5.41, 5.74) is 4.03. The van der Waals surface area contributed by atoms with Crippen LogP contribution in [0.2, 0.25) is 0 Å². The average molecular weight is 383 g/mol. The molecule has 1 aliphatic rings. The van der Waals surface area contributed by atoms with Gasteiger partial charge < -0.3 is 4.74 Å². The van der Waals surface area contributed by atoms with Crippen LogP contribution in [0, 0.1) is 5.92 Å². The summed E-state index contributed by atoms with van der Waals surface area (Å²) in [4.78, 5) is 13.2. The highest BCUT2D eigenvalue weighted by Crippen LogP contribution is 2.38. The van der Waals surface area contributed by atoms with E-state index < -0.39 is 0 Å². The predicted molar refractivity (Wildman–Crippen MR) is 117 cm³/mol. The number of ether oxygens (including phenoxy) is 1. The first-order valence-corrected chi connectivity index (χ1v) is 10.4. The Bertz CT molecular complexity index is 898. The monoisotopic (exact) mass is 382 g/mol. The molecule has 4 rings (SSSR count). The molecule has 0 amide bonds. The molecule has 3 aromatic rings. The molecule has 0 N–H and O–H groups in total. The average Bonchev–Trinajstić information content (AvgIpc) is 3.31. The van der Waals surface area contributed by atoms with Gasteiger partial charge in [0.25, 0.3) is 0 Å². The van der Waals surface area contributed by atoms with Crippen LogP contribution >= 0.6 is 0 Å². The lowest BCUT2D eigenvalue weighted by Gasteiger charge is -2.21. The third-order valence-corrected chi connectivity index (χ3v) is 5.75. The Morgan fingerprint density at radius 3 is 1.76 bits per heavy atom. The summed E-state index contributed by atoms with van der Waals surface area (Å²) in [5, 5.41) is 0. The topological polar surface area (TPSA) is 26.3 Å². The number of hydrogen-bond donors (Lipinski definition) is 0. The number of hydrogen-bond acceptors (Lipinski definition) is 2. The van der Waals surface area contributed by atoms with Gasteiger partial charge in [0.1, 0.15) is 6.26 Å². The predicted octanol–water partition coefficient (Wildman–Crippen LogP) is 6.59. The summed E-state index contributed by atoms with van der Waals surface area (Å²) in [6, 6.07) is 30.2. The number of esters is 1. The van der Waals surface area contributed by atoms with E-state index in [2.05, 4.69) is 0 Å². The van der Waals surface area contributed by atoms with Gasteiger partial charge in [-0.15, -0.1) is 0 Å². The van der Waals surface area contributed by atoms with E-state index >= 15 is 0 Å². The number of carbonyl (C=O) groups is 1. The summed E-state index contributed by atoms with van der Waals surface area (Å²) in [5.74, 6) is -0.00888. The van der Waals surface area contributed by atoms with Crippen LogP contribution in [0.3, 0.4) is 0 Å². The van der Waals surface area contributed by atoms with Crippen LogP contribution in [0.4, 0.5) is 0 Å². The molecule has 1 atom stereocenters. The van der Waals surface area contributed by atoms with Gasteiger partial charge >= 0.3 is 5.97 Å². The van der Waals surface area contributed by atoms with Crippen molar-refractivity contribution in [2.24, 2.45) is 5.92 Å². The van der Waals surface area contributed by atoms with Gasteiger partial charge in [-0.2, -0.15) is 0 Å². The largest absolute Gasteiger partial charge is 0.433 e. The normalized spacial score (nSPS) is 14.9. The van der Waals surface area contributed by atoms with Gasteiger partial charge in [0.15, 0.2) is 0 Å². The minimum atomic E-state index is -0.206. The molecule has 2 nitrogen and oxygen atoms in total. The number of benzene rings is 3. The summed E-state index contributed by atoms with van der Waals surface area (Å²) in [7, 11) is 0. The number of carbonyl (C=O) groups excluding carboxylic acids is 1. The van der Waals surface area contributed by atoms with Crippen molar-refractivity contribution in [2.75, 3.05) is 0 Å². The second-order valence-corrected chi connectivity index (χ2v) is 7.63. The van der Waals surface area contributed by atoms with Crippen molar-refractivity contribution in [3.05, 3.63) is 114 Å². The highest BCUT2D eigenvalue weighted by atomic mass is 16.5. The lowest BCUT2D eigenvalue weighted by Crippen LogP contribution is -2.21. The Morgan fingerprint density at radius 2 is 1.24 bits per heavy atom. The van der Waals surface area contributed by atoms with E-state index in [0.29, 0.717) is 5.92 Å². The lowest BCUT2D eigenvalue weighted by molar-refractivity contribution is -0.141. The summed E-state index contributed by atoms with van der Waals surface area (Å²) < 4.78 is 5.84. The van der Waals surface area contributed by atoms with Gasteiger partial charge in [0.2, 0.25) is 0 Å². The molecule has 0 heterocycles. The highest BCUT2D eigenvalue weighted by molar-refractivity contribution is 5.83. The zero-order valence-corrected chi connectivity index (χ0v) is 16.5. The van der Waals surface area contributed by atoms with Crippen LogP contribution in [-0.4, -0.2) is 5.97 Å². The molecule has 0 aromatic heterocycles. The molecular formula is C27H26O2. The third-order valence-electron chi connectivity index (χ3n) is 5.75. The Morgan fingerprint density at radius 1 is 0.759 bits per heavy atom. The molecule has 2 heteroatoms. The molecule has 3 aromatic carbocycles. The van der Waals surface area contributed by atoms with Gasteiger partial charge in [0, 0.05) is 5.57 Å². The van der Waals surface area contributed by atoms with Gasteiger partial charge in [-0.05, 0) is 35.4 Å². The van der Waals surface area contributed by atoms with Gasteiger partial charge in [-0.25, -0.2) is 0 Å². The van der Waals surface area contributed by atoms with Crippen molar-refractivity contribution in [3.8, 4) is 0 Å². The second kappa shape index (κ2) is 9.38. The Labute approximate surface area is 172 Å². The molecule has 0 radical (unpaired) electrons. The first-order valence-electron chi connectivity index (χ1n) is 10.4. The fourth-order valence-electron chi connectivity index (χ4n) is 4.28. The highest BCUT2D eigenvalue weighted by Gasteiger charge is 2.33. The Balaban J connectivity index is 1.64. The minimum Gasteiger partial charge on any atom is -0.433 e. The standard InChI is InChI=1S/C27H26O2/c28-27(26(24-18-10-11-19-24)23-16-8-3-9-17-23)29-20-25(21-12-4-1-5-13-21)22-14-6-2-7-15-22/h1-9,12-17,20,24,26H,10-11,18-19H2/t26-/m1/s1. The molecule has 146 valence electrons. The molecule has 1 aliphatic carbocycles. The fourth-order valence-corrected chi connectivity index (χ4v) is 4.28. The Hall–Kier alpha value is -3.13. The third kappa shape index (κ3) is 4.65. The lowest BCUT2D eigenvalue weighted by atomic mass is 9.85. The first kappa shape index (κ1) is 19.2. The summed E-state index contributed by atoms with van der Waals surface area (Å²) >= 11 is 0. The molecule has 0 unspecified atom stereocenters. The van der Waals surface area contributed by atoms with E-state index in [-0.39, 0.29) is 11.9 Å². The van der Waals surface area contributed by atoms with E-state index in [4.69, 9.17) is 4.74 Å². The fraction of sp³-hybridized carbons (Fsp3) is 0.222. The minimum absolute atomic E-state index is 0.160. The van der Waals surface area contributed by atoms with E-state index in [1.165, 1.54) is 12.8 Å². The smallest absolute Gasteiger partial charge is 0.318 e. The zero-order chi connectivity index (χ0) is 19.9. The molecular weight excluding hydrogens is 356 g/mol. The van der Waals surface area contributed by atoms with Crippen molar-refractivity contribution in [1.82, 2.24) is 0 Å². The second-order valence-electron chi connectivity index (χ2n) is 7.63. The molecule has 0 spiro atoms. The van der Waals surface area contributed by atoms with Gasteiger partial charge in [-0.3, -0.25) is 4.79 Å². The Kier molecular flexibility index (Phi) is 6.21. The van der Waals surface area contributed by atoms with Crippen LogP contribution in [-0.2, 0) is 9.53 Å². The molecule has 29 heavy (non-hydrogen) atoms. The van der Waals surface area contributed by atoms with Crippen LogP contribution in [0.1, 0.15) is 48.3 Å². The van der Waals surface area contributed by atoms with Crippen LogP contribution in [0.25, 0.3) is 5.57 Å². The zero-order valence-electron chi connectivity index (χ0n) is 16.5. The van der Waals surface area contributed by atoms with Crippen molar-refractivity contribution in [2.45, 2.75) is 31.6 Å². The van der Waals surface area contributed by atoms with E-state index in [1.807, 2.05) is 91.0 Å². The molecule has 0 aliphatic heterocycles. The maximum Gasteiger partial charge on any atom is 0.318 e. The van der Waals surface area contributed by atoms with Crippen LogP contribution < -0.4 is 0 Å². The molecule has 1 fully saturated rings. The van der Waals surface area contributed by atoms with E-state index in [9.17, 15) is 4.79 Å². The molecule has 1 saturated carbocycles. The van der Waals surface area contributed by atoms with Crippen molar-refractivity contribution < 1.29 is 9.53 Å². The first-order chi connectivity index (χ1) is 14.3. The maximum absolute atomic E-state index is 13.2. The van der Waals surface area contributed by atoms with Crippen LogP contribution in [0.15, 0.2) is 97.3 Å². The van der Waals surface area contributed by atoms with Gasteiger partial charge in [0.05, 0.1) is 5.92 Å². The SMILES string of the molecule is O=C(OC=C(c1ccccc1)c1ccccc1)[C@H](c1ccccc1)C1CCCC1. The number of rotatable bonds is 6. The van der Waals surface area contributed by atoms with Crippen LogP contribution in [0.5, 0.6) is 0 Å². The van der Waals surface area contributed by atoms with E-state index in [0.717, 1.165) is 35.1 Å². The molecule has 0 bridgehead atoms. The van der Waals surface area contributed by atoms with Crippen molar-refractivity contribution >= 4 is 11.5 Å². The maximum atomic E-state index is 13.2. The molecule has 0 saturated heterocycles. The van der Waals surface area contributed by atoms with Crippen molar-refractivity contribution in [1.29, 1.82) is 0 Å². The van der Waals surface area contributed by atoms with Gasteiger partial charge in [-0.1, -0.05) is 104 Å². The summed E-state index contributed by atoms with van der Waals surface area (Å²) in [6.07, 6.45) is 6.19.